The summed E-state index contributed by atoms with van der Waals surface area (Å²) in [6.07, 6.45) is 9.88. The van der Waals surface area contributed by atoms with E-state index in [0.29, 0.717) is 37.0 Å². The number of carbonyl (C=O) groups is 3. The first-order valence-electron chi connectivity index (χ1n) is 9.33. The van der Waals surface area contributed by atoms with E-state index in [4.69, 9.17) is 0 Å². The lowest BCUT2D eigenvalue weighted by molar-refractivity contribution is -0.131. The fraction of sp³-hybridized carbons (Fsp3) is 0.650. The highest BCUT2D eigenvalue weighted by atomic mass is 16.2. The summed E-state index contributed by atoms with van der Waals surface area (Å²) in [4.78, 5) is 38.7. The number of hydrogen-bond donors (Lipinski definition) is 0. The van der Waals surface area contributed by atoms with Crippen molar-refractivity contribution in [2.75, 3.05) is 6.54 Å². The molecule has 0 aromatic carbocycles. The molecule has 0 N–H and O–H groups in total. The first-order chi connectivity index (χ1) is 11.5. The minimum Gasteiger partial charge on any atom is -0.314 e. The molecule has 2 fully saturated rings. The smallest absolute Gasteiger partial charge is 0.234 e. The molecule has 0 spiro atoms. The predicted molar refractivity (Wildman–Crippen MR) is 89.8 cm³/mol. The number of rotatable bonds is 4. The molecule has 4 nitrogen and oxygen atoms in total. The van der Waals surface area contributed by atoms with Gasteiger partial charge in [0.1, 0.15) is 5.78 Å². The summed E-state index contributed by atoms with van der Waals surface area (Å²) < 4.78 is 0. The quantitative estimate of drug-likeness (QED) is 0.797. The first kappa shape index (κ1) is 15.8. The van der Waals surface area contributed by atoms with Gasteiger partial charge >= 0.3 is 0 Å². The lowest BCUT2D eigenvalue weighted by Crippen LogP contribution is -2.37. The standard InChI is InChI=1S/C20H25NO3/c1-12-16-8-9-18(23)17(10-13-2-3-13)19(16)21(20(12)24)11-14-4-6-15(22)7-5-14/h8-9,12-14,17H,2-7,10-11H2,1H3. The largest absolute Gasteiger partial charge is 0.314 e. The molecule has 0 radical (unpaired) electrons. The summed E-state index contributed by atoms with van der Waals surface area (Å²) in [6, 6.07) is 0. The summed E-state index contributed by atoms with van der Waals surface area (Å²) in [5.41, 5.74) is 2.04. The highest BCUT2D eigenvalue weighted by molar-refractivity contribution is 6.00. The van der Waals surface area contributed by atoms with Crippen molar-refractivity contribution >= 4 is 17.5 Å². The van der Waals surface area contributed by atoms with Crippen LogP contribution in [0.2, 0.25) is 0 Å². The molecule has 2 unspecified atom stereocenters. The third-order valence-electron chi connectivity index (χ3n) is 6.16. The average Bonchev–Trinajstić information content (AvgIpc) is 3.35. The zero-order valence-electron chi connectivity index (χ0n) is 14.3. The molecule has 0 saturated heterocycles. The van der Waals surface area contributed by atoms with Crippen LogP contribution in [0.5, 0.6) is 0 Å². The maximum absolute atomic E-state index is 12.8. The van der Waals surface area contributed by atoms with Gasteiger partial charge in [0, 0.05) is 25.1 Å². The maximum Gasteiger partial charge on any atom is 0.234 e. The molecule has 0 bridgehead atoms. The van der Waals surface area contributed by atoms with E-state index in [1.807, 2.05) is 17.9 Å². The third-order valence-corrected chi connectivity index (χ3v) is 6.16. The maximum atomic E-state index is 12.8. The van der Waals surface area contributed by atoms with Crippen LogP contribution in [0.3, 0.4) is 0 Å². The van der Waals surface area contributed by atoms with Gasteiger partial charge in [-0.2, -0.15) is 0 Å². The van der Waals surface area contributed by atoms with Crippen molar-refractivity contribution < 1.29 is 14.4 Å². The minimum atomic E-state index is -0.142. The number of allylic oxidation sites excluding steroid dienone is 3. The molecule has 4 heteroatoms. The number of nitrogens with zero attached hydrogens (tertiary/aromatic N) is 1. The van der Waals surface area contributed by atoms with Crippen LogP contribution in [-0.2, 0) is 14.4 Å². The highest BCUT2D eigenvalue weighted by Gasteiger charge is 2.44. The number of Topliss-reactive ketones (excluding diaryl/α,β-unsaturated/α-hetero) is 1. The van der Waals surface area contributed by atoms with Gasteiger partial charge in [0.2, 0.25) is 5.91 Å². The van der Waals surface area contributed by atoms with E-state index in [-0.39, 0.29) is 23.5 Å². The van der Waals surface area contributed by atoms with Crippen LogP contribution in [-0.4, -0.2) is 28.9 Å². The molecule has 0 aromatic rings. The van der Waals surface area contributed by atoms with Gasteiger partial charge in [-0.05, 0) is 49.7 Å². The van der Waals surface area contributed by atoms with E-state index in [1.165, 1.54) is 12.8 Å². The van der Waals surface area contributed by atoms with Crippen molar-refractivity contribution in [3.63, 3.8) is 0 Å². The molecule has 24 heavy (non-hydrogen) atoms. The Labute approximate surface area is 143 Å². The zero-order chi connectivity index (χ0) is 16.8. The molecule has 4 rings (SSSR count). The van der Waals surface area contributed by atoms with Gasteiger partial charge in [-0.3, -0.25) is 14.4 Å². The highest BCUT2D eigenvalue weighted by Crippen LogP contribution is 2.45. The Balaban J connectivity index is 1.58. The van der Waals surface area contributed by atoms with E-state index in [1.54, 1.807) is 6.08 Å². The molecule has 2 atom stereocenters. The van der Waals surface area contributed by atoms with Gasteiger partial charge in [-0.25, -0.2) is 0 Å². The molecule has 0 aromatic heterocycles. The molecule has 1 heterocycles. The molecule has 128 valence electrons. The van der Waals surface area contributed by atoms with Gasteiger partial charge in [-0.15, -0.1) is 0 Å². The normalized spacial score (nSPS) is 31.2. The van der Waals surface area contributed by atoms with E-state index in [2.05, 4.69) is 0 Å². The van der Waals surface area contributed by atoms with E-state index in [0.717, 1.165) is 30.5 Å². The molecule has 1 amide bonds. The first-order valence-corrected chi connectivity index (χ1v) is 9.33. The SMILES string of the molecule is CC1C(=O)N(CC2CCC(=O)CC2)C2=C1C=CC(=O)C2CC1CC1. The third kappa shape index (κ3) is 2.76. The van der Waals surface area contributed by atoms with E-state index < -0.39 is 0 Å². The molecule has 3 aliphatic carbocycles. The second kappa shape index (κ2) is 5.98. The minimum absolute atomic E-state index is 0.128. The van der Waals surface area contributed by atoms with Gasteiger partial charge in [0.15, 0.2) is 5.78 Å². The Morgan fingerprint density at radius 3 is 2.38 bits per heavy atom. The van der Waals surface area contributed by atoms with Crippen LogP contribution in [0, 0.1) is 23.7 Å². The fourth-order valence-corrected chi connectivity index (χ4v) is 4.45. The van der Waals surface area contributed by atoms with E-state index >= 15 is 0 Å². The van der Waals surface area contributed by atoms with Crippen molar-refractivity contribution in [3.8, 4) is 0 Å². The molecule has 2 saturated carbocycles. The van der Waals surface area contributed by atoms with Crippen LogP contribution in [0.15, 0.2) is 23.4 Å². The lowest BCUT2D eigenvalue weighted by atomic mass is 9.84. The van der Waals surface area contributed by atoms with Gasteiger partial charge in [0.05, 0.1) is 11.8 Å². The monoisotopic (exact) mass is 327 g/mol. The fourth-order valence-electron chi connectivity index (χ4n) is 4.45. The van der Waals surface area contributed by atoms with Crippen molar-refractivity contribution in [2.45, 2.75) is 51.9 Å². The Hall–Kier alpha value is -1.71. The van der Waals surface area contributed by atoms with Crippen molar-refractivity contribution in [3.05, 3.63) is 23.4 Å². The summed E-state index contributed by atoms with van der Waals surface area (Å²) in [5, 5.41) is 0. The zero-order valence-corrected chi connectivity index (χ0v) is 14.3. The lowest BCUT2D eigenvalue weighted by Gasteiger charge is -2.32. The van der Waals surface area contributed by atoms with Crippen LogP contribution in [0.25, 0.3) is 0 Å². The topological polar surface area (TPSA) is 54.5 Å². The summed E-state index contributed by atoms with van der Waals surface area (Å²) >= 11 is 0. The van der Waals surface area contributed by atoms with E-state index in [9.17, 15) is 14.4 Å². The van der Waals surface area contributed by atoms with Crippen molar-refractivity contribution in [2.24, 2.45) is 23.7 Å². The van der Waals surface area contributed by atoms with Crippen LogP contribution >= 0.6 is 0 Å². The average molecular weight is 327 g/mol. The molecular weight excluding hydrogens is 302 g/mol. The number of ketones is 2. The molecule has 1 aliphatic heterocycles. The Bertz CT molecular complexity index is 646. The predicted octanol–water partition coefficient (Wildman–Crippen LogP) is 3.03. The summed E-state index contributed by atoms with van der Waals surface area (Å²) in [7, 11) is 0. The Morgan fingerprint density at radius 2 is 1.71 bits per heavy atom. The van der Waals surface area contributed by atoms with Gasteiger partial charge in [-0.1, -0.05) is 18.9 Å². The van der Waals surface area contributed by atoms with Gasteiger partial charge in [0.25, 0.3) is 0 Å². The van der Waals surface area contributed by atoms with Crippen LogP contribution in [0.1, 0.15) is 51.9 Å². The van der Waals surface area contributed by atoms with Crippen molar-refractivity contribution in [1.29, 1.82) is 0 Å². The summed E-state index contributed by atoms with van der Waals surface area (Å²) in [5.74, 6) is 1.40. The van der Waals surface area contributed by atoms with Crippen molar-refractivity contribution in [1.82, 2.24) is 4.90 Å². The van der Waals surface area contributed by atoms with Crippen LogP contribution < -0.4 is 0 Å². The second-order valence-corrected chi connectivity index (χ2v) is 7.96. The summed E-state index contributed by atoms with van der Waals surface area (Å²) in [6.45, 7) is 2.63. The Kier molecular flexibility index (Phi) is 3.93. The number of hydrogen-bond acceptors (Lipinski definition) is 3. The van der Waals surface area contributed by atoms with Crippen LogP contribution in [0.4, 0.5) is 0 Å². The molecule has 4 aliphatic rings. The second-order valence-electron chi connectivity index (χ2n) is 7.96. The Morgan fingerprint density at radius 1 is 1.00 bits per heavy atom. The van der Waals surface area contributed by atoms with Gasteiger partial charge < -0.3 is 4.90 Å². The number of carbonyl (C=O) groups excluding carboxylic acids is 3. The number of amides is 1. The molecular formula is C20H25NO3.